The number of esters is 1. The molecule has 5 nitrogen and oxygen atoms in total. The van der Waals surface area contributed by atoms with Gasteiger partial charge in [-0.25, -0.2) is 4.79 Å². The standard InChI is InChI=1S/C13H14O5.C2H6/c1-2-17-13(16)12(15)8-10(14)9-18-11-6-4-3-5-7-11;1-2/h3-7H,2,8-9H2,1H3;1-2H3. The Hall–Kier alpha value is -2.17. The number of carbonyl (C=O) groups is 3. The molecule has 0 atom stereocenters. The molecule has 0 amide bonds. The Morgan fingerprint density at radius 3 is 2.20 bits per heavy atom. The third kappa shape index (κ3) is 7.31. The number of hydrogen-bond donors (Lipinski definition) is 0. The first-order chi connectivity index (χ1) is 9.63. The van der Waals surface area contributed by atoms with Crippen molar-refractivity contribution < 1.29 is 23.9 Å². The maximum atomic E-state index is 11.4. The number of rotatable bonds is 7. The van der Waals surface area contributed by atoms with Crippen LogP contribution in [0.4, 0.5) is 0 Å². The van der Waals surface area contributed by atoms with Crippen LogP contribution < -0.4 is 4.74 Å². The number of carbonyl (C=O) groups excluding carboxylic acids is 3. The van der Waals surface area contributed by atoms with E-state index in [0.717, 1.165) is 0 Å². The molecule has 1 aromatic rings. The highest BCUT2D eigenvalue weighted by Gasteiger charge is 2.19. The SMILES string of the molecule is CC.CCOC(=O)C(=O)CC(=O)COc1ccccc1. The molecule has 0 aliphatic rings. The van der Waals surface area contributed by atoms with Gasteiger partial charge in [-0.05, 0) is 19.1 Å². The van der Waals surface area contributed by atoms with Crippen molar-refractivity contribution >= 4 is 17.5 Å². The van der Waals surface area contributed by atoms with Crippen molar-refractivity contribution in [2.24, 2.45) is 0 Å². The first-order valence-electron chi connectivity index (χ1n) is 6.53. The maximum Gasteiger partial charge on any atom is 0.375 e. The minimum absolute atomic E-state index is 0.110. The van der Waals surface area contributed by atoms with E-state index in [2.05, 4.69) is 4.74 Å². The highest BCUT2D eigenvalue weighted by molar-refractivity contribution is 6.37. The van der Waals surface area contributed by atoms with E-state index in [-0.39, 0.29) is 13.2 Å². The molecule has 0 aliphatic carbocycles. The Morgan fingerprint density at radius 1 is 1.05 bits per heavy atom. The molecule has 20 heavy (non-hydrogen) atoms. The van der Waals surface area contributed by atoms with Gasteiger partial charge in [0.25, 0.3) is 0 Å². The zero-order valence-electron chi connectivity index (χ0n) is 12.0. The number of para-hydroxylation sites is 1. The molecular weight excluding hydrogens is 260 g/mol. The third-order valence-electron chi connectivity index (χ3n) is 2.00. The van der Waals surface area contributed by atoms with Gasteiger partial charge < -0.3 is 9.47 Å². The van der Waals surface area contributed by atoms with Gasteiger partial charge >= 0.3 is 5.97 Å². The second-order valence-electron chi connectivity index (χ2n) is 3.46. The molecule has 110 valence electrons. The normalized spacial score (nSPS) is 8.95. The molecule has 0 heterocycles. The van der Waals surface area contributed by atoms with Crippen LogP contribution in [-0.4, -0.2) is 30.7 Å². The van der Waals surface area contributed by atoms with Crippen molar-refractivity contribution in [2.75, 3.05) is 13.2 Å². The number of ketones is 2. The van der Waals surface area contributed by atoms with Gasteiger partial charge in [-0.15, -0.1) is 0 Å². The van der Waals surface area contributed by atoms with E-state index in [1.54, 1.807) is 31.2 Å². The molecule has 5 heteroatoms. The third-order valence-corrected chi connectivity index (χ3v) is 2.00. The summed E-state index contributed by atoms with van der Waals surface area (Å²) in [5.41, 5.74) is 0. The summed E-state index contributed by atoms with van der Waals surface area (Å²) < 4.78 is 9.64. The summed E-state index contributed by atoms with van der Waals surface area (Å²) >= 11 is 0. The largest absolute Gasteiger partial charge is 0.486 e. The molecule has 0 bridgehead atoms. The van der Waals surface area contributed by atoms with Gasteiger partial charge in [0, 0.05) is 0 Å². The first kappa shape index (κ1) is 17.8. The fourth-order valence-corrected chi connectivity index (χ4v) is 1.19. The van der Waals surface area contributed by atoms with E-state index in [1.165, 1.54) is 0 Å². The summed E-state index contributed by atoms with van der Waals surface area (Å²) in [5, 5.41) is 0. The average Bonchev–Trinajstić information content (AvgIpc) is 2.48. The van der Waals surface area contributed by atoms with E-state index >= 15 is 0 Å². The molecule has 0 unspecified atom stereocenters. The van der Waals surface area contributed by atoms with Crippen LogP contribution in [0.1, 0.15) is 27.2 Å². The quantitative estimate of drug-likeness (QED) is 0.435. The van der Waals surface area contributed by atoms with Gasteiger partial charge in [-0.3, -0.25) is 9.59 Å². The van der Waals surface area contributed by atoms with Crippen LogP contribution in [-0.2, 0) is 19.1 Å². The van der Waals surface area contributed by atoms with Crippen molar-refractivity contribution in [3.63, 3.8) is 0 Å². The number of benzene rings is 1. The van der Waals surface area contributed by atoms with Crippen molar-refractivity contribution in [1.82, 2.24) is 0 Å². The summed E-state index contributed by atoms with van der Waals surface area (Å²) in [4.78, 5) is 33.6. The van der Waals surface area contributed by atoms with Gasteiger partial charge in [0.2, 0.25) is 5.78 Å². The van der Waals surface area contributed by atoms with Gasteiger partial charge in [-0.2, -0.15) is 0 Å². The molecular formula is C15H20O5. The van der Waals surface area contributed by atoms with Crippen molar-refractivity contribution in [3.8, 4) is 5.75 Å². The maximum absolute atomic E-state index is 11.4. The summed E-state index contributed by atoms with van der Waals surface area (Å²) in [5.74, 6) is -1.75. The smallest absolute Gasteiger partial charge is 0.375 e. The van der Waals surface area contributed by atoms with Crippen molar-refractivity contribution in [3.05, 3.63) is 30.3 Å². The van der Waals surface area contributed by atoms with E-state index < -0.39 is 24.0 Å². The van der Waals surface area contributed by atoms with E-state index in [4.69, 9.17) is 4.74 Å². The zero-order chi connectivity index (χ0) is 15.4. The van der Waals surface area contributed by atoms with Gasteiger partial charge in [-0.1, -0.05) is 32.0 Å². The zero-order valence-corrected chi connectivity index (χ0v) is 12.0. The van der Waals surface area contributed by atoms with Crippen LogP contribution in [0.15, 0.2) is 30.3 Å². The number of Topliss-reactive ketones (excluding diaryl/α,β-unsaturated/α-hetero) is 2. The van der Waals surface area contributed by atoms with Crippen LogP contribution in [0.3, 0.4) is 0 Å². The summed E-state index contributed by atoms with van der Waals surface area (Å²) in [6.07, 6.45) is -0.494. The highest BCUT2D eigenvalue weighted by Crippen LogP contribution is 2.08. The Bertz CT molecular complexity index is 425. The predicted molar refractivity (Wildman–Crippen MR) is 74.5 cm³/mol. The lowest BCUT2D eigenvalue weighted by molar-refractivity contribution is -0.154. The van der Waals surface area contributed by atoms with Gasteiger partial charge in [0.05, 0.1) is 13.0 Å². The predicted octanol–water partition coefficient (Wildman–Crippen LogP) is 2.18. The number of hydrogen-bond acceptors (Lipinski definition) is 5. The molecule has 0 spiro atoms. The molecule has 0 aromatic heterocycles. The molecule has 0 saturated carbocycles. The van der Waals surface area contributed by atoms with Gasteiger partial charge in [0.1, 0.15) is 12.4 Å². The monoisotopic (exact) mass is 280 g/mol. The van der Waals surface area contributed by atoms with Crippen molar-refractivity contribution in [1.29, 1.82) is 0 Å². The molecule has 1 rings (SSSR count). The van der Waals surface area contributed by atoms with Crippen molar-refractivity contribution in [2.45, 2.75) is 27.2 Å². The summed E-state index contributed by atoms with van der Waals surface area (Å²) in [7, 11) is 0. The molecule has 0 radical (unpaired) electrons. The minimum Gasteiger partial charge on any atom is -0.486 e. The lowest BCUT2D eigenvalue weighted by atomic mass is 10.2. The summed E-state index contributed by atoms with van der Waals surface area (Å²) in [6.45, 7) is 5.46. The first-order valence-corrected chi connectivity index (χ1v) is 6.53. The molecule has 0 saturated heterocycles. The van der Waals surface area contributed by atoms with Crippen LogP contribution in [0.5, 0.6) is 5.75 Å². The van der Waals surface area contributed by atoms with E-state index in [9.17, 15) is 14.4 Å². The highest BCUT2D eigenvalue weighted by atomic mass is 16.5. The fourth-order valence-electron chi connectivity index (χ4n) is 1.19. The second kappa shape index (κ2) is 10.7. The second-order valence-corrected chi connectivity index (χ2v) is 3.46. The minimum atomic E-state index is -0.981. The van der Waals surface area contributed by atoms with Crippen LogP contribution in [0, 0.1) is 0 Å². The van der Waals surface area contributed by atoms with Crippen LogP contribution in [0.25, 0.3) is 0 Å². The summed E-state index contributed by atoms with van der Waals surface area (Å²) in [6, 6.07) is 8.74. The Balaban J connectivity index is 0.00000172. The van der Waals surface area contributed by atoms with Crippen LogP contribution >= 0.6 is 0 Å². The Labute approximate surface area is 118 Å². The number of ether oxygens (including phenoxy) is 2. The molecule has 0 N–H and O–H groups in total. The lowest BCUT2D eigenvalue weighted by Crippen LogP contribution is -2.23. The molecule has 0 fully saturated rings. The average molecular weight is 280 g/mol. The Morgan fingerprint density at radius 2 is 1.65 bits per heavy atom. The lowest BCUT2D eigenvalue weighted by Gasteiger charge is -2.04. The van der Waals surface area contributed by atoms with Crippen LogP contribution in [0.2, 0.25) is 0 Å². The van der Waals surface area contributed by atoms with E-state index in [0.29, 0.717) is 5.75 Å². The fraction of sp³-hybridized carbons (Fsp3) is 0.400. The topological polar surface area (TPSA) is 69.7 Å². The molecule has 1 aromatic carbocycles. The van der Waals surface area contributed by atoms with Gasteiger partial charge in [0.15, 0.2) is 5.78 Å². The Kier molecular flexibility index (Phi) is 9.56. The molecule has 0 aliphatic heterocycles. The van der Waals surface area contributed by atoms with E-state index in [1.807, 2.05) is 19.9 Å².